The van der Waals surface area contributed by atoms with Crippen LogP contribution < -0.4 is 0 Å². The molecule has 0 spiro atoms. The van der Waals surface area contributed by atoms with Crippen LogP contribution in [-0.2, 0) is 14.2 Å². The molecular weight excluding hydrogens is 204 g/mol. The van der Waals surface area contributed by atoms with E-state index in [1.54, 1.807) is 0 Å². The number of allylic oxidation sites excluding steroid dienone is 3. The van der Waals surface area contributed by atoms with Gasteiger partial charge in [-0.25, -0.2) is 0 Å². The largest absolute Gasteiger partial charge is 0.495 e. The summed E-state index contributed by atoms with van der Waals surface area (Å²) in [5, 5.41) is 0. The van der Waals surface area contributed by atoms with Crippen molar-refractivity contribution in [2.24, 2.45) is 17.8 Å². The molecule has 88 valence electrons. The lowest BCUT2D eigenvalue weighted by Gasteiger charge is -2.22. The van der Waals surface area contributed by atoms with Gasteiger partial charge >= 0.3 is 0 Å². The van der Waals surface area contributed by atoms with Gasteiger partial charge in [0.1, 0.15) is 19.5 Å². The van der Waals surface area contributed by atoms with E-state index in [0.717, 1.165) is 11.7 Å². The molecule has 3 heteroatoms. The third-order valence-corrected chi connectivity index (χ3v) is 3.84. The van der Waals surface area contributed by atoms with Gasteiger partial charge < -0.3 is 14.2 Å². The standard InChI is InChI=1S/C13H18O3/c1-9(15-7-12-6-14-8-16-12)13-5-10-2-3-11(13)4-10/h2-3,10-13H,1,4-8H2. The lowest BCUT2D eigenvalue weighted by molar-refractivity contribution is 0.0159. The first-order chi connectivity index (χ1) is 7.83. The van der Waals surface area contributed by atoms with Gasteiger partial charge in [-0.2, -0.15) is 0 Å². The highest BCUT2D eigenvalue weighted by Crippen LogP contribution is 2.46. The van der Waals surface area contributed by atoms with Crippen LogP contribution in [0.5, 0.6) is 0 Å². The molecule has 4 atom stereocenters. The average molecular weight is 222 g/mol. The molecule has 0 N–H and O–H groups in total. The Morgan fingerprint density at radius 2 is 2.31 bits per heavy atom. The maximum atomic E-state index is 5.73. The minimum Gasteiger partial charge on any atom is -0.495 e. The summed E-state index contributed by atoms with van der Waals surface area (Å²) < 4.78 is 16.2. The second-order valence-electron chi connectivity index (χ2n) is 4.94. The Balaban J connectivity index is 1.48. The van der Waals surface area contributed by atoms with Crippen molar-refractivity contribution < 1.29 is 14.2 Å². The maximum Gasteiger partial charge on any atom is 0.147 e. The number of fused-ring (bicyclic) bond motifs is 2. The van der Waals surface area contributed by atoms with Gasteiger partial charge in [-0.1, -0.05) is 18.7 Å². The first-order valence-corrected chi connectivity index (χ1v) is 6.02. The molecule has 0 amide bonds. The van der Waals surface area contributed by atoms with Gasteiger partial charge in [-0.15, -0.1) is 0 Å². The first-order valence-electron chi connectivity index (χ1n) is 6.02. The van der Waals surface area contributed by atoms with Crippen LogP contribution in [0.25, 0.3) is 0 Å². The molecular formula is C13H18O3. The van der Waals surface area contributed by atoms with E-state index in [1.807, 2.05) is 0 Å². The minimum absolute atomic E-state index is 0.0888. The van der Waals surface area contributed by atoms with Crippen LogP contribution in [0.3, 0.4) is 0 Å². The Morgan fingerprint density at radius 1 is 1.38 bits per heavy atom. The fourth-order valence-corrected chi connectivity index (χ4v) is 2.93. The molecule has 4 unspecified atom stereocenters. The smallest absolute Gasteiger partial charge is 0.147 e. The summed E-state index contributed by atoms with van der Waals surface area (Å²) in [5.41, 5.74) is 0. The number of ether oxygens (including phenoxy) is 3. The van der Waals surface area contributed by atoms with Gasteiger partial charge in [0.2, 0.25) is 0 Å². The normalized spacial score (nSPS) is 40.5. The number of rotatable bonds is 4. The molecule has 0 aromatic rings. The van der Waals surface area contributed by atoms with E-state index in [4.69, 9.17) is 14.2 Å². The highest BCUT2D eigenvalue weighted by atomic mass is 16.7. The second kappa shape index (κ2) is 4.22. The third kappa shape index (κ3) is 1.89. The van der Waals surface area contributed by atoms with Gasteiger partial charge in [0.05, 0.1) is 12.4 Å². The summed E-state index contributed by atoms with van der Waals surface area (Å²) in [6.07, 6.45) is 7.24. The van der Waals surface area contributed by atoms with E-state index in [-0.39, 0.29) is 6.10 Å². The molecule has 2 aliphatic carbocycles. The van der Waals surface area contributed by atoms with Crippen molar-refractivity contribution in [3.05, 3.63) is 24.5 Å². The molecule has 1 saturated heterocycles. The van der Waals surface area contributed by atoms with Crippen molar-refractivity contribution >= 4 is 0 Å². The lowest BCUT2D eigenvalue weighted by atomic mass is 9.92. The molecule has 3 nitrogen and oxygen atoms in total. The number of hydrogen-bond acceptors (Lipinski definition) is 3. The SMILES string of the molecule is C=C(OCC1COCO1)C1CC2C=CC1C2. The molecule has 0 aromatic heterocycles. The summed E-state index contributed by atoms with van der Waals surface area (Å²) in [6, 6.07) is 0. The third-order valence-electron chi connectivity index (χ3n) is 3.84. The zero-order valence-electron chi connectivity index (χ0n) is 9.43. The van der Waals surface area contributed by atoms with E-state index in [2.05, 4.69) is 18.7 Å². The molecule has 1 aliphatic heterocycles. The van der Waals surface area contributed by atoms with Crippen LogP contribution >= 0.6 is 0 Å². The molecule has 1 saturated carbocycles. The zero-order chi connectivity index (χ0) is 11.0. The van der Waals surface area contributed by atoms with Gasteiger partial charge in [-0.05, 0) is 24.7 Å². The van der Waals surface area contributed by atoms with E-state index in [1.165, 1.54) is 12.8 Å². The van der Waals surface area contributed by atoms with E-state index in [9.17, 15) is 0 Å². The first kappa shape index (κ1) is 10.4. The maximum absolute atomic E-state index is 5.73. The predicted molar refractivity (Wildman–Crippen MR) is 59.6 cm³/mol. The molecule has 3 rings (SSSR count). The van der Waals surface area contributed by atoms with Crippen LogP contribution in [0, 0.1) is 17.8 Å². The van der Waals surface area contributed by atoms with Gasteiger partial charge in [0.25, 0.3) is 0 Å². The molecule has 2 fully saturated rings. The Labute approximate surface area is 96.1 Å². The monoisotopic (exact) mass is 222 g/mol. The van der Waals surface area contributed by atoms with Crippen LogP contribution in [0.15, 0.2) is 24.5 Å². The number of hydrogen-bond donors (Lipinski definition) is 0. The van der Waals surface area contributed by atoms with E-state index in [0.29, 0.717) is 31.8 Å². The fourth-order valence-electron chi connectivity index (χ4n) is 2.93. The van der Waals surface area contributed by atoms with Crippen LogP contribution in [0.1, 0.15) is 12.8 Å². The van der Waals surface area contributed by atoms with Crippen molar-refractivity contribution in [1.82, 2.24) is 0 Å². The predicted octanol–water partition coefficient (Wildman–Crippen LogP) is 2.10. The molecule has 0 aromatic carbocycles. The topological polar surface area (TPSA) is 27.7 Å². The van der Waals surface area contributed by atoms with Crippen LogP contribution in [0.2, 0.25) is 0 Å². The molecule has 16 heavy (non-hydrogen) atoms. The summed E-state index contributed by atoms with van der Waals surface area (Å²) in [6.45, 7) is 5.69. The quantitative estimate of drug-likeness (QED) is 0.538. The molecule has 0 radical (unpaired) electrons. The lowest BCUT2D eigenvalue weighted by Crippen LogP contribution is -2.20. The summed E-state index contributed by atoms with van der Waals surface area (Å²) in [5.74, 6) is 2.89. The van der Waals surface area contributed by atoms with Crippen molar-refractivity contribution in [3.63, 3.8) is 0 Å². The zero-order valence-corrected chi connectivity index (χ0v) is 9.43. The average Bonchev–Trinajstić information content (AvgIpc) is 3.01. The Morgan fingerprint density at radius 3 is 2.94 bits per heavy atom. The van der Waals surface area contributed by atoms with E-state index >= 15 is 0 Å². The van der Waals surface area contributed by atoms with Crippen LogP contribution in [0.4, 0.5) is 0 Å². The van der Waals surface area contributed by atoms with Crippen molar-refractivity contribution in [2.75, 3.05) is 20.0 Å². The highest BCUT2D eigenvalue weighted by Gasteiger charge is 2.38. The summed E-state index contributed by atoms with van der Waals surface area (Å²) in [7, 11) is 0. The minimum atomic E-state index is 0.0888. The summed E-state index contributed by atoms with van der Waals surface area (Å²) in [4.78, 5) is 0. The van der Waals surface area contributed by atoms with Crippen molar-refractivity contribution in [3.8, 4) is 0 Å². The van der Waals surface area contributed by atoms with Gasteiger partial charge in [0.15, 0.2) is 0 Å². The fraction of sp³-hybridized carbons (Fsp3) is 0.692. The van der Waals surface area contributed by atoms with E-state index < -0.39 is 0 Å². The summed E-state index contributed by atoms with van der Waals surface area (Å²) >= 11 is 0. The van der Waals surface area contributed by atoms with Gasteiger partial charge in [0, 0.05) is 5.92 Å². The molecule has 2 bridgehead atoms. The van der Waals surface area contributed by atoms with Gasteiger partial charge in [-0.3, -0.25) is 0 Å². The molecule has 1 heterocycles. The Kier molecular flexibility index (Phi) is 2.74. The van der Waals surface area contributed by atoms with Crippen LogP contribution in [-0.4, -0.2) is 26.1 Å². The second-order valence-corrected chi connectivity index (χ2v) is 4.94. The molecule has 3 aliphatic rings. The Hall–Kier alpha value is -0.800. The highest BCUT2D eigenvalue weighted by molar-refractivity contribution is 5.16. The van der Waals surface area contributed by atoms with Crippen molar-refractivity contribution in [1.29, 1.82) is 0 Å². The van der Waals surface area contributed by atoms with Crippen molar-refractivity contribution in [2.45, 2.75) is 18.9 Å². The Bertz CT molecular complexity index is 304.